The maximum absolute atomic E-state index is 14.6. The van der Waals surface area contributed by atoms with Crippen LogP contribution in [0.25, 0.3) is 0 Å². The molecular weight excluding hydrogens is 702 g/mol. The zero-order valence-electron chi connectivity index (χ0n) is 26.7. The quantitative estimate of drug-likeness (QED) is 0.131. The van der Waals surface area contributed by atoms with Crippen molar-refractivity contribution in [3.63, 3.8) is 0 Å². The lowest BCUT2D eigenvalue weighted by molar-refractivity contribution is -0.140. The van der Waals surface area contributed by atoms with Gasteiger partial charge in [-0.25, -0.2) is 8.42 Å². The Morgan fingerprint density at radius 1 is 0.936 bits per heavy atom. The summed E-state index contributed by atoms with van der Waals surface area (Å²) in [4.78, 5) is 30.0. The Kier molecular flexibility index (Phi) is 12.9. The zero-order valence-corrected chi connectivity index (χ0v) is 29.8. The number of rotatable bonds is 15. The number of nitrogens with zero attached hydrogens (tertiary/aromatic N) is 2. The number of methoxy groups -OCH3 is 1. The summed E-state index contributed by atoms with van der Waals surface area (Å²) in [7, 11) is -2.89. The van der Waals surface area contributed by atoms with Gasteiger partial charge in [0, 0.05) is 29.0 Å². The number of anilines is 1. The lowest BCUT2D eigenvalue weighted by atomic mass is 10.0. The van der Waals surface area contributed by atoms with E-state index in [1.54, 1.807) is 24.3 Å². The summed E-state index contributed by atoms with van der Waals surface area (Å²) in [6.45, 7) is 3.79. The van der Waals surface area contributed by atoms with Gasteiger partial charge in [-0.15, -0.1) is 0 Å². The minimum Gasteiger partial charge on any atom is -0.495 e. The predicted octanol–water partition coefficient (Wildman–Crippen LogP) is 7.17. The van der Waals surface area contributed by atoms with E-state index in [2.05, 4.69) is 21.2 Å². The highest BCUT2D eigenvalue weighted by Crippen LogP contribution is 2.35. The van der Waals surface area contributed by atoms with Gasteiger partial charge in [0.2, 0.25) is 11.8 Å². The number of aryl methyl sites for hydroxylation is 1. The molecule has 0 saturated carbocycles. The molecule has 0 fully saturated rings. The second-order valence-electron chi connectivity index (χ2n) is 11.1. The van der Waals surface area contributed by atoms with Crippen LogP contribution in [0.4, 0.5) is 5.69 Å². The van der Waals surface area contributed by atoms with Crippen molar-refractivity contribution in [3.8, 4) is 5.75 Å². The molecule has 1 atom stereocenters. The second-order valence-corrected chi connectivity index (χ2v) is 14.4. The van der Waals surface area contributed by atoms with Crippen molar-refractivity contribution in [2.24, 2.45) is 0 Å². The van der Waals surface area contributed by atoms with E-state index >= 15 is 0 Å². The number of unbranched alkanes of at least 4 members (excludes halogenated alkanes) is 1. The van der Waals surface area contributed by atoms with Gasteiger partial charge in [-0.2, -0.15) is 0 Å². The van der Waals surface area contributed by atoms with Crippen LogP contribution in [0.2, 0.25) is 5.02 Å². The number of sulfonamides is 1. The minimum atomic E-state index is -4.31. The lowest BCUT2D eigenvalue weighted by Gasteiger charge is -2.34. The van der Waals surface area contributed by atoms with E-state index < -0.39 is 28.5 Å². The van der Waals surface area contributed by atoms with Crippen molar-refractivity contribution in [3.05, 3.63) is 123 Å². The van der Waals surface area contributed by atoms with Crippen molar-refractivity contribution in [2.75, 3.05) is 24.5 Å². The molecule has 0 aliphatic heterocycles. The molecule has 0 bridgehead atoms. The van der Waals surface area contributed by atoms with Gasteiger partial charge >= 0.3 is 0 Å². The van der Waals surface area contributed by atoms with Gasteiger partial charge in [-0.3, -0.25) is 13.9 Å². The Bertz CT molecular complexity index is 1750. The van der Waals surface area contributed by atoms with Gasteiger partial charge in [0.05, 0.1) is 17.7 Å². The van der Waals surface area contributed by atoms with Gasteiger partial charge in [0.15, 0.2) is 0 Å². The first kappa shape index (κ1) is 36.0. The lowest BCUT2D eigenvalue weighted by Crippen LogP contribution is -2.53. The molecule has 1 N–H and O–H groups in total. The van der Waals surface area contributed by atoms with Crippen molar-refractivity contribution in [2.45, 2.75) is 50.6 Å². The zero-order chi connectivity index (χ0) is 34.0. The molecule has 0 radical (unpaired) electrons. The van der Waals surface area contributed by atoms with Crippen LogP contribution in [-0.2, 0) is 32.6 Å². The molecule has 248 valence electrons. The third-order valence-corrected chi connectivity index (χ3v) is 10.2. The molecule has 4 aromatic rings. The first-order valence-corrected chi connectivity index (χ1v) is 17.9. The molecule has 0 spiro atoms. The largest absolute Gasteiger partial charge is 0.495 e. The molecule has 0 saturated heterocycles. The Balaban J connectivity index is 1.83. The van der Waals surface area contributed by atoms with Crippen LogP contribution in [0, 0.1) is 6.92 Å². The van der Waals surface area contributed by atoms with Crippen molar-refractivity contribution in [1.82, 2.24) is 10.2 Å². The Labute approximate surface area is 290 Å². The molecule has 4 rings (SSSR count). The summed E-state index contributed by atoms with van der Waals surface area (Å²) in [5.41, 5.74) is 2.61. The Morgan fingerprint density at radius 3 is 2.26 bits per heavy atom. The number of hydrogen-bond acceptors (Lipinski definition) is 5. The monoisotopic (exact) mass is 739 g/mol. The van der Waals surface area contributed by atoms with E-state index in [0.29, 0.717) is 6.54 Å². The number of ether oxygens (including phenoxy) is 1. The smallest absolute Gasteiger partial charge is 0.264 e. The van der Waals surface area contributed by atoms with E-state index in [1.165, 1.54) is 30.2 Å². The summed E-state index contributed by atoms with van der Waals surface area (Å²) < 4.78 is 36.0. The summed E-state index contributed by atoms with van der Waals surface area (Å²) in [5.74, 6) is -0.672. The average molecular weight is 741 g/mol. The molecule has 0 aromatic heterocycles. The number of amides is 2. The Hall–Kier alpha value is -3.86. The second kappa shape index (κ2) is 16.8. The highest BCUT2D eigenvalue weighted by molar-refractivity contribution is 9.10. The van der Waals surface area contributed by atoms with Gasteiger partial charge in [-0.1, -0.05) is 101 Å². The number of hydrogen-bond donors (Lipinski definition) is 1. The number of carbonyl (C=O) groups is 2. The van der Waals surface area contributed by atoms with Crippen LogP contribution in [0.1, 0.15) is 36.5 Å². The fraction of sp³-hybridized carbons (Fsp3) is 0.278. The van der Waals surface area contributed by atoms with Gasteiger partial charge in [0.1, 0.15) is 18.3 Å². The fourth-order valence-corrected chi connectivity index (χ4v) is 6.90. The van der Waals surface area contributed by atoms with Crippen LogP contribution in [-0.4, -0.2) is 51.4 Å². The molecule has 0 aliphatic rings. The molecule has 8 nitrogen and oxygen atoms in total. The molecule has 0 aliphatic carbocycles. The maximum Gasteiger partial charge on any atom is 0.264 e. The number of carbonyl (C=O) groups excluding carboxylic acids is 2. The van der Waals surface area contributed by atoms with Crippen LogP contribution in [0.5, 0.6) is 5.75 Å². The fourth-order valence-electron chi connectivity index (χ4n) is 5.06. The number of benzene rings is 4. The minimum absolute atomic E-state index is 0.00414. The highest BCUT2D eigenvalue weighted by atomic mass is 79.9. The standard InChI is InChI=1S/C36H39BrClN3O5S/c1-4-5-21-39-36(43)33(22-27-9-7-6-8-10-27)40(24-28-13-15-29(37)16-14-28)35(42)25-41(32-23-30(38)17-20-34(32)46-3)47(44,45)31-18-11-26(2)12-19-31/h6-20,23,33H,4-5,21-22,24-25H2,1-3H3,(H,39,43)/t33-/m0/s1. The molecule has 11 heteroatoms. The summed E-state index contributed by atoms with van der Waals surface area (Å²) in [6, 6.07) is 26.9. The molecule has 2 amide bonds. The van der Waals surface area contributed by atoms with Crippen LogP contribution >= 0.6 is 27.5 Å². The summed E-state index contributed by atoms with van der Waals surface area (Å²) >= 11 is 9.83. The molecular formula is C36H39BrClN3O5S. The first-order valence-electron chi connectivity index (χ1n) is 15.3. The molecule has 0 heterocycles. The van der Waals surface area contributed by atoms with Crippen molar-refractivity contribution in [1.29, 1.82) is 0 Å². The first-order chi connectivity index (χ1) is 22.5. The van der Waals surface area contributed by atoms with E-state index in [9.17, 15) is 18.0 Å². The van der Waals surface area contributed by atoms with Crippen molar-refractivity contribution < 1.29 is 22.7 Å². The summed E-state index contributed by atoms with van der Waals surface area (Å²) in [6.07, 6.45) is 1.90. The van der Waals surface area contributed by atoms with Crippen LogP contribution < -0.4 is 14.4 Å². The van der Waals surface area contributed by atoms with E-state index in [1.807, 2.05) is 68.4 Å². The van der Waals surface area contributed by atoms with E-state index in [-0.39, 0.29) is 40.2 Å². The van der Waals surface area contributed by atoms with Crippen LogP contribution in [0.15, 0.2) is 106 Å². The topological polar surface area (TPSA) is 96.0 Å². The number of nitrogens with one attached hydrogen (secondary N) is 1. The Morgan fingerprint density at radius 2 is 1.62 bits per heavy atom. The molecule has 47 heavy (non-hydrogen) atoms. The van der Waals surface area contributed by atoms with Gasteiger partial charge in [0.25, 0.3) is 10.0 Å². The van der Waals surface area contributed by atoms with Crippen molar-refractivity contribution >= 4 is 55.1 Å². The predicted molar refractivity (Wildman–Crippen MR) is 190 cm³/mol. The highest BCUT2D eigenvalue weighted by Gasteiger charge is 2.35. The SMILES string of the molecule is CCCCNC(=O)[C@H](Cc1ccccc1)N(Cc1ccc(Br)cc1)C(=O)CN(c1cc(Cl)ccc1OC)S(=O)(=O)c1ccc(C)cc1. The normalized spacial score (nSPS) is 11.9. The average Bonchev–Trinajstić information content (AvgIpc) is 3.06. The third kappa shape index (κ3) is 9.59. The van der Waals surface area contributed by atoms with Crippen LogP contribution in [0.3, 0.4) is 0 Å². The third-order valence-electron chi connectivity index (χ3n) is 7.66. The molecule has 4 aromatic carbocycles. The van der Waals surface area contributed by atoms with E-state index in [0.717, 1.165) is 38.3 Å². The van der Waals surface area contributed by atoms with Gasteiger partial charge < -0.3 is 15.0 Å². The van der Waals surface area contributed by atoms with Gasteiger partial charge in [-0.05, 0) is 66.9 Å². The number of halogens is 2. The maximum atomic E-state index is 14.6. The summed E-state index contributed by atoms with van der Waals surface area (Å²) in [5, 5.41) is 3.26. The molecule has 0 unspecified atom stereocenters. The van der Waals surface area contributed by atoms with E-state index in [4.69, 9.17) is 16.3 Å².